The van der Waals surface area contributed by atoms with Gasteiger partial charge in [0, 0.05) is 23.7 Å². The van der Waals surface area contributed by atoms with Crippen LogP contribution in [0.15, 0.2) is 18.2 Å². The van der Waals surface area contributed by atoms with Crippen molar-refractivity contribution in [3.63, 3.8) is 0 Å². The van der Waals surface area contributed by atoms with E-state index in [1.807, 2.05) is 0 Å². The summed E-state index contributed by atoms with van der Waals surface area (Å²) in [7, 11) is 0.0841. The molecule has 8 heteroatoms. The molecule has 0 amide bonds. The van der Waals surface area contributed by atoms with E-state index in [0.717, 1.165) is 18.2 Å². The molecule has 0 aliphatic rings. The Morgan fingerprint density at radius 3 is 2.82 bits per heavy atom. The number of nitrogens with one attached hydrogen (secondary N) is 1. The van der Waals surface area contributed by atoms with Crippen LogP contribution in [0.1, 0.15) is 11.6 Å². The lowest BCUT2D eigenvalue weighted by Crippen LogP contribution is -2.25. The summed E-state index contributed by atoms with van der Waals surface area (Å²) in [5.41, 5.74) is 5.39. The molecule has 2 atom stereocenters. The molecule has 6 nitrogen and oxygen atoms in total. The number of non-ortho nitro benzene ring substituents is 1. The Labute approximate surface area is 99.7 Å². The number of nitrogens with two attached hydrogens (primary N) is 1. The van der Waals surface area contributed by atoms with Gasteiger partial charge in [0.15, 0.2) is 0 Å². The maximum absolute atomic E-state index is 13.4. The van der Waals surface area contributed by atoms with Gasteiger partial charge in [-0.25, -0.2) is 13.3 Å². The fraction of sp³-hybridized carbons (Fsp3) is 0.333. The molecule has 0 saturated heterocycles. The summed E-state index contributed by atoms with van der Waals surface area (Å²) in [5.74, 6) is -0.662. The monoisotopic (exact) mass is 261 g/mol. The van der Waals surface area contributed by atoms with Gasteiger partial charge in [0.2, 0.25) is 0 Å². The van der Waals surface area contributed by atoms with Gasteiger partial charge in [0.25, 0.3) is 5.69 Å². The first-order valence-corrected chi connectivity index (χ1v) is 6.02. The highest BCUT2D eigenvalue weighted by atomic mass is 32.2. The van der Waals surface area contributed by atoms with Gasteiger partial charge in [-0.1, -0.05) is 0 Å². The number of hydrogen-bond donors (Lipinski definition) is 2. The van der Waals surface area contributed by atoms with Crippen LogP contribution in [0, 0.1) is 15.9 Å². The smallest absolute Gasteiger partial charge is 0.269 e. The summed E-state index contributed by atoms with van der Waals surface area (Å²) >= 11 is 0. The molecule has 0 radical (unpaired) electrons. The van der Waals surface area contributed by atoms with E-state index in [4.69, 9.17) is 5.73 Å². The SMILES string of the molecule is CNS(=O)CC(N)c1cc([N+](=O)[O-])ccc1F. The molecule has 94 valence electrons. The van der Waals surface area contributed by atoms with Crippen LogP contribution in [0.4, 0.5) is 10.1 Å². The van der Waals surface area contributed by atoms with Crippen molar-refractivity contribution >= 4 is 16.7 Å². The van der Waals surface area contributed by atoms with E-state index in [9.17, 15) is 18.7 Å². The molecule has 0 spiro atoms. The Balaban J connectivity index is 2.99. The number of nitro groups is 1. The Kier molecular flexibility index (Phi) is 4.67. The van der Waals surface area contributed by atoms with Crippen LogP contribution in [0.3, 0.4) is 0 Å². The summed E-state index contributed by atoms with van der Waals surface area (Å²) in [6.45, 7) is 0. The van der Waals surface area contributed by atoms with Crippen LogP contribution >= 0.6 is 0 Å². The van der Waals surface area contributed by atoms with E-state index in [-0.39, 0.29) is 17.0 Å². The van der Waals surface area contributed by atoms with Gasteiger partial charge >= 0.3 is 0 Å². The minimum absolute atomic E-state index is 0.0113. The van der Waals surface area contributed by atoms with Gasteiger partial charge in [0.05, 0.1) is 21.7 Å². The van der Waals surface area contributed by atoms with E-state index in [1.54, 1.807) is 0 Å². The van der Waals surface area contributed by atoms with Crippen LogP contribution in [0.2, 0.25) is 0 Å². The topological polar surface area (TPSA) is 98.3 Å². The van der Waals surface area contributed by atoms with Crippen LogP contribution in [0.25, 0.3) is 0 Å². The zero-order valence-electron chi connectivity index (χ0n) is 9.05. The highest BCUT2D eigenvalue weighted by Crippen LogP contribution is 2.21. The molecule has 17 heavy (non-hydrogen) atoms. The largest absolute Gasteiger partial charge is 0.323 e. The Morgan fingerprint density at radius 2 is 2.29 bits per heavy atom. The number of nitro benzene ring substituents is 1. The highest BCUT2D eigenvalue weighted by Gasteiger charge is 2.17. The second-order valence-electron chi connectivity index (χ2n) is 3.29. The molecule has 0 heterocycles. The number of benzene rings is 1. The second kappa shape index (κ2) is 5.80. The number of rotatable bonds is 5. The maximum atomic E-state index is 13.4. The molecule has 1 aromatic carbocycles. The first-order chi connectivity index (χ1) is 7.95. The summed E-state index contributed by atoms with van der Waals surface area (Å²) in [6, 6.07) is 2.24. The standard InChI is InChI=1S/C9H12FN3O3S/c1-12-17(16)5-9(11)7-4-6(13(14)15)2-3-8(7)10/h2-4,9,12H,5,11H2,1H3. The van der Waals surface area contributed by atoms with E-state index in [2.05, 4.69) is 4.72 Å². The van der Waals surface area contributed by atoms with Crippen molar-refractivity contribution in [2.24, 2.45) is 5.73 Å². The molecule has 2 unspecified atom stereocenters. The highest BCUT2D eigenvalue weighted by molar-refractivity contribution is 7.83. The average molecular weight is 261 g/mol. The van der Waals surface area contributed by atoms with Gasteiger partial charge in [-0.15, -0.1) is 0 Å². The van der Waals surface area contributed by atoms with Gasteiger partial charge in [0.1, 0.15) is 5.82 Å². The lowest BCUT2D eigenvalue weighted by molar-refractivity contribution is -0.385. The predicted octanol–water partition coefficient (Wildman–Crippen LogP) is 0.617. The summed E-state index contributed by atoms with van der Waals surface area (Å²) in [5, 5.41) is 10.5. The predicted molar refractivity (Wildman–Crippen MR) is 62.1 cm³/mol. The molecule has 0 aliphatic carbocycles. The lowest BCUT2D eigenvalue weighted by Gasteiger charge is -2.11. The van der Waals surface area contributed by atoms with Gasteiger partial charge in [-0.2, -0.15) is 0 Å². The normalized spacial score (nSPS) is 14.3. The number of nitrogens with zero attached hydrogens (tertiary/aromatic N) is 1. The molecular weight excluding hydrogens is 249 g/mol. The lowest BCUT2D eigenvalue weighted by atomic mass is 10.1. The third-order valence-electron chi connectivity index (χ3n) is 2.15. The number of hydrogen-bond acceptors (Lipinski definition) is 4. The molecule has 1 rings (SSSR count). The molecule has 0 aromatic heterocycles. The summed E-state index contributed by atoms with van der Waals surface area (Å²) in [4.78, 5) is 9.90. The molecule has 3 N–H and O–H groups in total. The van der Waals surface area contributed by atoms with Crippen LogP contribution in [0.5, 0.6) is 0 Å². The van der Waals surface area contributed by atoms with Crippen LogP contribution in [-0.4, -0.2) is 21.9 Å². The second-order valence-corrected chi connectivity index (χ2v) is 4.72. The number of halogens is 1. The Bertz CT molecular complexity index is 455. The minimum atomic E-state index is -1.39. The first-order valence-electron chi connectivity index (χ1n) is 4.71. The third kappa shape index (κ3) is 3.55. The van der Waals surface area contributed by atoms with Crippen molar-refractivity contribution in [2.45, 2.75) is 6.04 Å². The summed E-state index contributed by atoms with van der Waals surface area (Å²) < 4.78 is 27.1. The fourth-order valence-electron chi connectivity index (χ4n) is 1.27. The maximum Gasteiger partial charge on any atom is 0.269 e. The van der Waals surface area contributed by atoms with Crippen molar-refractivity contribution in [1.82, 2.24) is 4.72 Å². The first kappa shape index (κ1) is 13.7. The summed E-state index contributed by atoms with van der Waals surface area (Å²) in [6.07, 6.45) is 0. The van der Waals surface area contributed by atoms with Gasteiger partial charge < -0.3 is 5.73 Å². The Hall–Kier alpha value is -1.38. The van der Waals surface area contributed by atoms with E-state index >= 15 is 0 Å². The molecule has 0 bridgehead atoms. The molecule has 0 fully saturated rings. The molecule has 1 aromatic rings. The minimum Gasteiger partial charge on any atom is -0.323 e. The molecule has 0 aliphatic heterocycles. The third-order valence-corrected chi connectivity index (χ3v) is 3.27. The Morgan fingerprint density at radius 1 is 1.65 bits per heavy atom. The van der Waals surface area contributed by atoms with Gasteiger partial charge in [-0.3, -0.25) is 10.1 Å². The quantitative estimate of drug-likeness (QED) is 0.599. The van der Waals surface area contributed by atoms with Crippen molar-refractivity contribution in [3.05, 3.63) is 39.7 Å². The van der Waals surface area contributed by atoms with E-state index < -0.39 is 27.8 Å². The van der Waals surface area contributed by atoms with E-state index in [1.165, 1.54) is 7.05 Å². The molecular formula is C9H12FN3O3S. The average Bonchev–Trinajstić information content (AvgIpc) is 2.28. The zero-order valence-corrected chi connectivity index (χ0v) is 9.87. The zero-order chi connectivity index (χ0) is 13.0. The van der Waals surface area contributed by atoms with Crippen molar-refractivity contribution < 1.29 is 13.5 Å². The van der Waals surface area contributed by atoms with Crippen molar-refractivity contribution in [3.8, 4) is 0 Å². The van der Waals surface area contributed by atoms with Crippen LogP contribution < -0.4 is 10.5 Å². The van der Waals surface area contributed by atoms with E-state index in [0.29, 0.717) is 0 Å². The van der Waals surface area contributed by atoms with Crippen molar-refractivity contribution in [1.29, 1.82) is 0 Å². The fourth-order valence-corrected chi connectivity index (χ4v) is 1.94. The van der Waals surface area contributed by atoms with Crippen molar-refractivity contribution in [2.75, 3.05) is 12.8 Å². The molecule has 0 saturated carbocycles. The van der Waals surface area contributed by atoms with Gasteiger partial charge in [-0.05, 0) is 13.1 Å². The van der Waals surface area contributed by atoms with Crippen LogP contribution in [-0.2, 0) is 11.0 Å².